The number of rotatable bonds is 4. The van der Waals surface area contributed by atoms with Crippen LogP contribution in [0, 0.1) is 12.7 Å². The summed E-state index contributed by atoms with van der Waals surface area (Å²) < 4.78 is 57.1. The maximum absolute atomic E-state index is 13.3. The number of thiol groups is 1. The van der Waals surface area contributed by atoms with Crippen LogP contribution in [-0.2, 0) is 17.5 Å². The number of benzene rings is 3. The molecule has 0 bridgehead atoms. The molecule has 0 spiro atoms. The number of esters is 1. The fourth-order valence-corrected chi connectivity index (χ4v) is 4.39. The van der Waals surface area contributed by atoms with Gasteiger partial charge in [-0.3, -0.25) is 0 Å². The molecule has 0 saturated heterocycles. The highest BCUT2D eigenvalue weighted by atomic mass is 32.1. The molecule has 0 radical (unpaired) electrons. The average molecular weight is 508 g/mol. The van der Waals surface area contributed by atoms with E-state index in [1.54, 1.807) is 35.6 Å². The van der Waals surface area contributed by atoms with E-state index in [0.29, 0.717) is 11.1 Å². The molecule has 0 aliphatic carbocycles. The Morgan fingerprint density at radius 3 is 2.35 bits per heavy atom. The van der Waals surface area contributed by atoms with Crippen LogP contribution in [0.1, 0.15) is 27.0 Å². The van der Waals surface area contributed by atoms with Crippen molar-refractivity contribution in [1.29, 1.82) is 0 Å². The van der Waals surface area contributed by atoms with Gasteiger partial charge in [0.15, 0.2) is 0 Å². The van der Waals surface area contributed by atoms with Gasteiger partial charge in [-0.25, -0.2) is 9.18 Å². The number of ether oxygens (including phenoxy) is 1. The zero-order chi connectivity index (χ0) is 24.9. The van der Waals surface area contributed by atoms with E-state index in [1.807, 2.05) is 31.2 Å². The maximum Gasteiger partial charge on any atom is 0.419 e. The second-order valence-corrected chi connectivity index (χ2v) is 8.82. The molecule has 3 aromatic carbocycles. The van der Waals surface area contributed by atoms with E-state index in [-0.39, 0.29) is 12.5 Å². The minimum atomic E-state index is -4.69. The molecule has 0 unspecified atom stereocenters. The molecule has 0 saturated carbocycles. The summed E-state index contributed by atoms with van der Waals surface area (Å²) in [6, 6.07) is 17.8. The van der Waals surface area contributed by atoms with Gasteiger partial charge in [0.25, 0.3) is 0 Å². The second kappa shape index (κ2) is 10.9. The number of carbonyl (C=O) groups excluding carboxylic acids is 1. The summed E-state index contributed by atoms with van der Waals surface area (Å²) in [5.74, 6) is -1.57. The molecule has 178 valence electrons. The van der Waals surface area contributed by atoms with E-state index in [4.69, 9.17) is 0 Å². The number of nitrogens with one attached hydrogen (secondary N) is 1. The second-order valence-electron chi connectivity index (χ2n) is 7.26. The van der Waals surface area contributed by atoms with Gasteiger partial charge in [-0.05, 0) is 65.9 Å². The molecule has 0 aliphatic heterocycles. The number of hydrogen-bond donors (Lipinski definition) is 2. The Bertz CT molecular complexity index is 1280. The van der Waals surface area contributed by atoms with Crippen molar-refractivity contribution >= 4 is 45.0 Å². The van der Waals surface area contributed by atoms with Gasteiger partial charge < -0.3 is 10.1 Å². The van der Waals surface area contributed by atoms with Crippen molar-refractivity contribution < 1.29 is 27.1 Å². The molecule has 4 rings (SSSR count). The van der Waals surface area contributed by atoms with Gasteiger partial charge in [0.2, 0.25) is 0 Å². The minimum absolute atomic E-state index is 0.205. The smallest absolute Gasteiger partial charge is 0.419 e. The predicted molar refractivity (Wildman–Crippen MR) is 130 cm³/mol. The summed E-state index contributed by atoms with van der Waals surface area (Å²) in [7, 11) is 1.36. The number of methoxy groups -OCH3 is 1. The molecule has 34 heavy (non-hydrogen) atoms. The molecule has 4 aromatic rings. The fourth-order valence-electron chi connectivity index (χ4n) is 3.14. The highest BCUT2D eigenvalue weighted by molar-refractivity contribution is 7.80. The number of anilines is 1. The number of aryl methyl sites for hydroxylation is 1. The van der Waals surface area contributed by atoms with Gasteiger partial charge in [0, 0.05) is 16.1 Å². The summed E-state index contributed by atoms with van der Waals surface area (Å²) in [5, 5.41) is 5.17. The van der Waals surface area contributed by atoms with Crippen LogP contribution in [-0.4, -0.2) is 13.1 Å². The van der Waals surface area contributed by atoms with Crippen LogP contribution in [0.25, 0.3) is 10.1 Å². The van der Waals surface area contributed by atoms with Gasteiger partial charge >= 0.3 is 12.1 Å². The molecular weight excluding hydrogens is 486 g/mol. The van der Waals surface area contributed by atoms with Crippen molar-refractivity contribution in [3.05, 3.63) is 94.8 Å². The fraction of sp³-hybridized carbons (Fsp3) is 0.160. The van der Waals surface area contributed by atoms with Gasteiger partial charge in [-0.2, -0.15) is 13.2 Å². The first-order valence-corrected chi connectivity index (χ1v) is 11.3. The highest BCUT2D eigenvalue weighted by Crippen LogP contribution is 2.36. The lowest BCUT2D eigenvalue weighted by atomic mass is 10.1. The third-order valence-corrected chi connectivity index (χ3v) is 6.45. The normalized spacial score (nSPS) is 11.0. The maximum atomic E-state index is 13.3. The van der Waals surface area contributed by atoms with Gasteiger partial charge in [0.1, 0.15) is 5.82 Å². The molecule has 0 fully saturated rings. The zero-order valence-corrected chi connectivity index (χ0v) is 20.0. The van der Waals surface area contributed by atoms with E-state index in [1.165, 1.54) is 13.2 Å². The molecule has 0 amide bonds. The van der Waals surface area contributed by atoms with Crippen molar-refractivity contribution in [2.45, 2.75) is 24.5 Å². The van der Waals surface area contributed by atoms with Gasteiger partial charge in [-0.1, -0.05) is 24.3 Å². The van der Waals surface area contributed by atoms with E-state index >= 15 is 0 Å². The Kier molecular flexibility index (Phi) is 8.22. The van der Waals surface area contributed by atoms with Crippen LogP contribution in [0.3, 0.4) is 0 Å². The summed E-state index contributed by atoms with van der Waals surface area (Å²) >= 11 is 5.63. The van der Waals surface area contributed by atoms with Crippen molar-refractivity contribution in [3.8, 4) is 0 Å². The largest absolute Gasteiger partial charge is 0.465 e. The Hall–Kier alpha value is -3.04. The molecular formula is C25H21F4NO2S2. The van der Waals surface area contributed by atoms with Crippen LogP contribution in [0.2, 0.25) is 0 Å². The molecule has 0 atom stereocenters. The molecule has 1 aromatic heterocycles. The predicted octanol–water partition coefficient (Wildman–Crippen LogP) is 7.74. The van der Waals surface area contributed by atoms with Crippen LogP contribution in [0.5, 0.6) is 0 Å². The van der Waals surface area contributed by atoms with Crippen molar-refractivity contribution in [3.63, 3.8) is 0 Å². The Morgan fingerprint density at radius 2 is 1.74 bits per heavy atom. The third-order valence-electron chi connectivity index (χ3n) is 4.92. The number of halogens is 4. The monoisotopic (exact) mass is 507 g/mol. The standard InChI is InChI=1S/C17H13F4NS.C8H8O2S/c1-10-12-4-2-3-5-15(12)23-16(10)22-9-11-6-7-14(18)13(8-11)17(19,20)21;1-10-8(9)6-2-4-7(11)5-3-6/h2-8,22H,9H2,1H3;2-5,11H,1H3. The van der Waals surface area contributed by atoms with Crippen molar-refractivity contribution in [1.82, 2.24) is 0 Å². The summed E-state index contributed by atoms with van der Waals surface area (Å²) in [5.41, 5.74) is 0.759. The Labute approximate surface area is 203 Å². The van der Waals surface area contributed by atoms with Gasteiger partial charge in [0.05, 0.1) is 23.2 Å². The van der Waals surface area contributed by atoms with Crippen molar-refractivity contribution in [2.24, 2.45) is 0 Å². The van der Waals surface area contributed by atoms with E-state index in [2.05, 4.69) is 22.7 Å². The van der Waals surface area contributed by atoms with E-state index < -0.39 is 17.6 Å². The molecule has 1 N–H and O–H groups in total. The number of fused-ring (bicyclic) bond motifs is 1. The molecule has 9 heteroatoms. The van der Waals surface area contributed by atoms with Crippen LogP contribution in [0.4, 0.5) is 22.6 Å². The quantitative estimate of drug-likeness (QED) is 0.169. The van der Waals surface area contributed by atoms with Gasteiger partial charge in [-0.15, -0.1) is 24.0 Å². The first kappa shape index (κ1) is 25.6. The van der Waals surface area contributed by atoms with E-state index in [9.17, 15) is 22.4 Å². The molecule has 1 heterocycles. The third kappa shape index (κ3) is 6.30. The summed E-state index contributed by atoms with van der Waals surface area (Å²) in [6.07, 6.45) is -4.69. The number of alkyl halides is 3. The average Bonchev–Trinajstić information content (AvgIpc) is 3.14. The number of carbonyl (C=O) groups is 1. The number of thiophene rings is 1. The summed E-state index contributed by atoms with van der Waals surface area (Å²) in [6.45, 7) is 2.17. The minimum Gasteiger partial charge on any atom is -0.465 e. The Balaban J connectivity index is 0.000000248. The zero-order valence-electron chi connectivity index (χ0n) is 18.2. The van der Waals surface area contributed by atoms with Crippen LogP contribution >= 0.6 is 24.0 Å². The lowest BCUT2D eigenvalue weighted by Crippen LogP contribution is -2.09. The van der Waals surface area contributed by atoms with Crippen molar-refractivity contribution in [2.75, 3.05) is 12.4 Å². The molecule has 3 nitrogen and oxygen atoms in total. The van der Waals surface area contributed by atoms with Crippen LogP contribution in [0.15, 0.2) is 71.6 Å². The van der Waals surface area contributed by atoms with Crippen LogP contribution < -0.4 is 5.32 Å². The highest BCUT2D eigenvalue weighted by Gasteiger charge is 2.34. The first-order valence-electron chi connectivity index (χ1n) is 10.0. The van der Waals surface area contributed by atoms with E-state index in [0.717, 1.165) is 37.7 Å². The lowest BCUT2D eigenvalue weighted by molar-refractivity contribution is -0.140. The topological polar surface area (TPSA) is 38.3 Å². The SMILES string of the molecule is COC(=O)c1ccc(S)cc1.Cc1c(NCc2ccc(F)c(C(F)(F)F)c2)sc2ccccc12. The molecule has 0 aliphatic rings. The number of hydrogen-bond acceptors (Lipinski definition) is 5. The summed E-state index contributed by atoms with van der Waals surface area (Å²) in [4.78, 5) is 11.7. The first-order chi connectivity index (χ1) is 16.1. The lowest BCUT2D eigenvalue weighted by Gasteiger charge is -2.11. The Morgan fingerprint density at radius 1 is 1.06 bits per heavy atom.